The van der Waals surface area contributed by atoms with Crippen molar-refractivity contribution in [3.8, 4) is 11.6 Å². The number of hydrogen-bond acceptors (Lipinski definition) is 12. The number of benzene rings is 1. The van der Waals surface area contributed by atoms with Gasteiger partial charge in [-0.3, -0.25) is 13.9 Å². The van der Waals surface area contributed by atoms with Gasteiger partial charge in [-0.2, -0.15) is 10.1 Å². The number of aromatic nitrogens is 4. The van der Waals surface area contributed by atoms with Crippen LogP contribution in [0.5, 0.6) is 11.6 Å². The van der Waals surface area contributed by atoms with Crippen molar-refractivity contribution in [2.75, 3.05) is 19.8 Å². The van der Waals surface area contributed by atoms with Gasteiger partial charge in [-0.25, -0.2) is 14.5 Å². The van der Waals surface area contributed by atoms with Crippen LogP contribution in [-0.2, 0) is 23.4 Å². The van der Waals surface area contributed by atoms with E-state index in [9.17, 15) is 19.6 Å². The zero-order valence-corrected chi connectivity index (χ0v) is 25.2. The van der Waals surface area contributed by atoms with Gasteiger partial charge in [0.2, 0.25) is 5.88 Å². The fourth-order valence-electron chi connectivity index (χ4n) is 4.70. The number of esters is 1. The third kappa shape index (κ3) is 6.90. The third-order valence-corrected chi connectivity index (χ3v) is 8.82. The molecule has 1 fully saturated rings. The number of carbonyl (C=O) groups excluding carboxylic acids is 1. The molecular weight excluding hydrogens is 581 g/mol. The summed E-state index contributed by atoms with van der Waals surface area (Å²) in [5, 5.41) is 25.0. The normalized spacial score (nSPS) is 32.8. The minimum Gasteiger partial charge on any atom is -0.472 e. The lowest BCUT2D eigenvalue weighted by Crippen LogP contribution is -2.44. The summed E-state index contributed by atoms with van der Waals surface area (Å²) in [6, 6.07) is 7.20. The van der Waals surface area contributed by atoms with E-state index in [1.165, 1.54) is 31.1 Å². The average molecular weight is 618 g/mol. The maximum atomic E-state index is 14.0. The first-order valence-corrected chi connectivity index (χ1v) is 15.4. The van der Waals surface area contributed by atoms with Gasteiger partial charge in [0.05, 0.1) is 19.5 Å². The molecule has 43 heavy (non-hydrogen) atoms. The highest BCUT2D eigenvalue weighted by Crippen LogP contribution is 2.47. The number of hydrogen-bond donors (Lipinski definition) is 3. The first-order chi connectivity index (χ1) is 20.4. The molecule has 2 aromatic heterocycles. The minimum absolute atomic E-state index is 0.0935. The number of nitrogens with one attached hydrogen (secondary N) is 1. The molecule has 3 N–H and O–H groups in total. The molecule has 6 atom stereocenters. The van der Waals surface area contributed by atoms with Gasteiger partial charge in [0.15, 0.2) is 17.4 Å². The second-order valence-corrected chi connectivity index (χ2v) is 13.2. The van der Waals surface area contributed by atoms with E-state index in [0.29, 0.717) is 17.6 Å². The van der Waals surface area contributed by atoms with Gasteiger partial charge in [-0.15, -0.1) is 0 Å². The summed E-state index contributed by atoms with van der Waals surface area (Å²) >= 11 is 0. The number of para-hydroxylation sites is 1. The lowest BCUT2D eigenvalue weighted by Gasteiger charge is -2.27. The van der Waals surface area contributed by atoms with E-state index in [2.05, 4.69) is 20.0 Å². The molecule has 4 heterocycles. The van der Waals surface area contributed by atoms with E-state index < -0.39 is 55.8 Å². The molecule has 0 spiro atoms. The Labute approximate surface area is 248 Å². The molecule has 232 valence electrons. The molecule has 14 nitrogen and oxygen atoms in total. The second-order valence-electron chi connectivity index (χ2n) is 11.5. The van der Waals surface area contributed by atoms with Crippen LogP contribution in [0.25, 0.3) is 11.2 Å². The number of fused-ring (bicyclic) bond motifs is 3. The van der Waals surface area contributed by atoms with Crippen LogP contribution < -0.4 is 14.3 Å². The monoisotopic (exact) mass is 617 g/mol. The summed E-state index contributed by atoms with van der Waals surface area (Å²) in [7, 11) is -4.26. The van der Waals surface area contributed by atoms with Gasteiger partial charge < -0.3 is 28.9 Å². The summed E-state index contributed by atoms with van der Waals surface area (Å²) < 4.78 is 44.3. The van der Waals surface area contributed by atoms with Gasteiger partial charge in [-0.05, 0) is 32.4 Å². The van der Waals surface area contributed by atoms with Crippen molar-refractivity contribution in [3.05, 3.63) is 55.1 Å². The third-order valence-electron chi connectivity index (χ3n) is 7.17. The van der Waals surface area contributed by atoms with Crippen molar-refractivity contribution >= 4 is 24.9 Å². The Bertz CT molecular complexity index is 1510. The van der Waals surface area contributed by atoms with E-state index in [1.54, 1.807) is 30.3 Å². The Hall–Kier alpha value is -3.39. The zero-order valence-electron chi connectivity index (χ0n) is 24.3. The molecule has 0 amide bonds. The van der Waals surface area contributed by atoms with E-state index >= 15 is 0 Å². The minimum atomic E-state index is -4.26. The number of imidazole rings is 1. The summed E-state index contributed by atoms with van der Waals surface area (Å²) in [6.07, 6.45) is 3.22. The van der Waals surface area contributed by atoms with Crippen LogP contribution in [0.1, 0.15) is 40.3 Å². The Morgan fingerprint density at radius 2 is 1.88 bits per heavy atom. The smallest absolute Gasteiger partial charge is 0.459 e. The van der Waals surface area contributed by atoms with Gasteiger partial charge in [0.1, 0.15) is 42.5 Å². The fraction of sp³-hybridized carbons (Fsp3) is 0.500. The molecule has 1 aromatic carbocycles. The average Bonchev–Trinajstić information content (AvgIpc) is 3.48. The predicted octanol–water partition coefficient (Wildman–Crippen LogP) is 2.93. The lowest BCUT2D eigenvalue weighted by molar-refractivity contribution is -0.148. The Morgan fingerprint density at radius 1 is 1.12 bits per heavy atom. The molecule has 2 aliphatic rings. The molecule has 0 saturated carbocycles. The number of aliphatic hydroxyl groups is 2. The van der Waals surface area contributed by atoms with Gasteiger partial charge >= 0.3 is 13.7 Å². The maximum absolute atomic E-state index is 14.0. The number of nitrogens with zero attached hydrogens (tertiary/aromatic N) is 4. The molecule has 15 heteroatoms. The number of allylic oxidation sites excluding steroid dienone is 1. The predicted molar refractivity (Wildman–Crippen MR) is 153 cm³/mol. The van der Waals surface area contributed by atoms with Crippen LogP contribution in [0.3, 0.4) is 0 Å². The quantitative estimate of drug-likeness (QED) is 0.218. The molecule has 0 aliphatic carbocycles. The molecular formula is C28H36N5O9P. The van der Waals surface area contributed by atoms with Crippen molar-refractivity contribution < 1.29 is 42.8 Å². The first kappa shape index (κ1) is 31.0. The highest BCUT2D eigenvalue weighted by molar-refractivity contribution is 7.52. The topological polar surface area (TPSA) is 176 Å². The van der Waals surface area contributed by atoms with Crippen LogP contribution in [0, 0.1) is 5.41 Å². The number of aliphatic hydroxyl groups excluding tert-OH is 1. The van der Waals surface area contributed by atoms with Crippen LogP contribution in [0.4, 0.5) is 0 Å². The second kappa shape index (κ2) is 12.3. The summed E-state index contributed by atoms with van der Waals surface area (Å²) in [6.45, 7) is 6.59. The number of cyclic esters (lactones) is 1. The van der Waals surface area contributed by atoms with E-state index in [0.717, 1.165) is 0 Å². The molecule has 0 radical (unpaired) electrons. The lowest BCUT2D eigenvalue weighted by atomic mass is 9.90. The SMILES string of the molecule is C[C@H]1NP(=O)(Oc2ccccc2)OC[C@H]2O[C@@H](n3cnc4c(ncnc43)OC/C=C/CC(C)(C)COC1=O)[C@](C)(O)[C@@H]2O. The van der Waals surface area contributed by atoms with Crippen LogP contribution >= 0.6 is 7.75 Å². The summed E-state index contributed by atoms with van der Waals surface area (Å²) in [4.78, 5) is 25.8. The Kier molecular flexibility index (Phi) is 8.89. The Balaban J connectivity index is 1.48. The van der Waals surface area contributed by atoms with E-state index in [-0.39, 0.29) is 24.8 Å². The molecule has 6 bridgehead atoms. The first-order valence-electron chi connectivity index (χ1n) is 13.8. The van der Waals surface area contributed by atoms with Crippen LogP contribution in [0.15, 0.2) is 55.1 Å². The molecule has 1 saturated heterocycles. The highest BCUT2D eigenvalue weighted by Gasteiger charge is 2.54. The fourth-order valence-corrected chi connectivity index (χ4v) is 6.21. The molecule has 1 unspecified atom stereocenters. The highest BCUT2D eigenvalue weighted by atomic mass is 31.2. The standard InChI is InChI=1S/C28H36N5O9P/c1-18-25(35)39-15-27(2,3)12-8-9-13-38-24-21-23(29-16-30-24)33(17-31-21)26-28(4,36)22(34)20(41-26)14-40-43(37,32-18)42-19-10-6-5-7-11-19/h5-11,16-18,20,22,26,34,36H,12-15H2,1-4H3,(H,32,37)/b9-8+/t18-,20-,22-,26-,28-,43?/m1/s1. The van der Waals surface area contributed by atoms with Gasteiger partial charge in [0, 0.05) is 5.41 Å². The van der Waals surface area contributed by atoms with Gasteiger partial charge in [-0.1, -0.05) is 44.2 Å². The van der Waals surface area contributed by atoms with Crippen molar-refractivity contribution in [3.63, 3.8) is 0 Å². The van der Waals surface area contributed by atoms with E-state index in [4.69, 9.17) is 23.3 Å². The summed E-state index contributed by atoms with van der Waals surface area (Å²) in [5.41, 5.74) is -1.60. The maximum Gasteiger partial charge on any atom is 0.459 e. The number of carbonyl (C=O) groups is 1. The van der Waals surface area contributed by atoms with E-state index in [1.807, 2.05) is 26.0 Å². The Morgan fingerprint density at radius 3 is 2.65 bits per heavy atom. The number of ether oxygens (including phenoxy) is 3. The summed E-state index contributed by atoms with van der Waals surface area (Å²) in [5.74, 6) is -0.211. The van der Waals surface area contributed by atoms with Crippen molar-refractivity contribution in [2.24, 2.45) is 5.41 Å². The van der Waals surface area contributed by atoms with Crippen molar-refractivity contribution in [1.29, 1.82) is 0 Å². The van der Waals surface area contributed by atoms with Crippen LogP contribution in [0.2, 0.25) is 0 Å². The van der Waals surface area contributed by atoms with Gasteiger partial charge in [0.25, 0.3) is 0 Å². The largest absolute Gasteiger partial charge is 0.472 e. The van der Waals surface area contributed by atoms with Crippen LogP contribution in [-0.4, -0.2) is 79.4 Å². The number of rotatable bonds is 2. The molecule has 3 aromatic rings. The molecule has 5 rings (SSSR count). The van der Waals surface area contributed by atoms with Crippen molar-refractivity contribution in [2.45, 2.75) is 64.2 Å². The van der Waals surface area contributed by atoms with Crippen molar-refractivity contribution in [1.82, 2.24) is 24.6 Å². The molecule has 2 aliphatic heterocycles. The zero-order chi connectivity index (χ0) is 30.8.